The van der Waals surface area contributed by atoms with Crippen LogP contribution in [0.2, 0.25) is 0 Å². The molecule has 0 aliphatic carbocycles. The second-order valence-corrected chi connectivity index (χ2v) is 2.54. The number of hydrogen-bond donors (Lipinski definition) is 1. The second-order valence-electron chi connectivity index (χ2n) is 2.54. The second kappa shape index (κ2) is 4.04. The van der Waals surface area contributed by atoms with Crippen LogP contribution in [0.25, 0.3) is 0 Å². The number of rotatable bonds is 3. The van der Waals surface area contributed by atoms with Gasteiger partial charge < -0.3 is 14.9 Å². The van der Waals surface area contributed by atoms with Crippen LogP contribution in [0.5, 0.6) is 0 Å². The zero-order valence-corrected chi connectivity index (χ0v) is 7.66. The minimum Gasteiger partial charge on any atom is -0.464 e. The van der Waals surface area contributed by atoms with Gasteiger partial charge in [0, 0.05) is 13.0 Å². The third-order valence-corrected chi connectivity index (χ3v) is 1.58. The van der Waals surface area contributed by atoms with Crippen LogP contribution in [0.15, 0.2) is 4.42 Å². The number of carbonyl (C=O) groups is 1. The molecule has 1 aromatic heterocycles. The Labute approximate surface area is 75.9 Å². The number of nitrogens with zero attached hydrogens (tertiary/aromatic N) is 1. The smallest absolute Gasteiger partial charge is 0.360 e. The van der Waals surface area contributed by atoms with Gasteiger partial charge in [-0.3, -0.25) is 0 Å². The summed E-state index contributed by atoms with van der Waals surface area (Å²) in [5, 5.41) is 0. The summed E-state index contributed by atoms with van der Waals surface area (Å²) in [6.07, 6.45) is 0.526. The molecule has 0 saturated carbocycles. The number of ether oxygens (including phenoxy) is 1. The Morgan fingerprint density at radius 1 is 1.69 bits per heavy atom. The monoisotopic (exact) mass is 184 g/mol. The minimum absolute atomic E-state index is 0.228. The highest BCUT2D eigenvalue weighted by Gasteiger charge is 2.16. The van der Waals surface area contributed by atoms with Crippen LogP contribution in [0.1, 0.15) is 22.1 Å². The number of aromatic nitrogens is 1. The fourth-order valence-electron chi connectivity index (χ4n) is 0.968. The van der Waals surface area contributed by atoms with E-state index in [-0.39, 0.29) is 5.69 Å². The topological polar surface area (TPSA) is 78.3 Å². The largest absolute Gasteiger partial charge is 0.464 e. The molecule has 2 N–H and O–H groups in total. The average molecular weight is 184 g/mol. The molecule has 5 nitrogen and oxygen atoms in total. The molecule has 0 saturated heterocycles. The standard InChI is InChI=1S/C8H12N2O3/c1-5-7(8(11)12-2)10-6(13-5)3-4-9/h3-4,9H2,1-2H3. The summed E-state index contributed by atoms with van der Waals surface area (Å²) in [5.41, 5.74) is 5.54. The van der Waals surface area contributed by atoms with Crippen LogP contribution in [0, 0.1) is 6.92 Å². The lowest BCUT2D eigenvalue weighted by Crippen LogP contribution is -2.05. The van der Waals surface area contributed by atoms with E-state index in [2.05, 4.69) is 9.72 Å². The molecule has 0 aliphatic heterocycles. The predicted octanol–water partition coefficient (Wildman–Crippen LogP) is 0.271. The van der Waals surface area contributed by atoms with Crippen molar-refractivity contribution in [1.82, 2.24) is 4.98 Å². The zero-order valence-electron chi connectivity index (χ0n) is 7.66. The van der Waals surface area contributed by atoms with Gasteiger partial charge in [-0.15, -0.1) is 0 Å². The maximum atomic E-state index is 11.1. The van der Waals surface area contributed by atoms with Gasteiger partial charge in [-0.05, 0) is 6.92 Å². The van der Waals surface area contributed by atoms with Crippen LogP contribution in [-0.2, 0) is 11.2 Å². The summed E-state index contributed by atoms with van der Waals surface area (Å²) in [7, 11) is 1.30. The van der Waals surface area contributed by atoms with Crippen LogP contribution in [-0.4, -0.2) is 24.6 Å². The lowest BCUT2D eigenvalue weighted by Gasteiger charge is -1.91. The number of nitrogens with two attached hydrogens (primary N) is 1. The van der Waals surface area contributed by atoms with E-state index >= 15 is 0 Å². The van der Waals surface area contributed by atoms with E-state index in [0.717, 1.165) is 0 Å². The van der Waals surface area contributed by atoms with Gasteiger partial charge in [-0.1, -0.05) is 0 Å². The van der Waals surface area contributed by atoms with Crippen molar-refractivity contribution in [3.63, 3.8) is 0 Å². The average Bonchev–Trinajstić information content (AvgIpc) is 2.46. The Kier molecular flexibility index (Phi) is 3.02. The Hall–Kier alpha value is -1.36. The van der Waals surface area contributed by atoms with Crippen molar-refractivity contribution in [1.29, 1.82) is 0 Å². The molecule has 1 rings (SSSR count). The van der Waals surface area contributed by atoms with Gasteiger partial charge in [0.15, 0.2) is 11.6 Å². The van der Waals surface area contributed by atoms with Gasteiger partial charge in [0.05, 0.1) is 7.11 Å². The van der Waals surface area contributed by atoms with Crippen molar-refractivity contribution in [2.24, 2.45) is 5.73 Å². The summed E-state index contributed by atoms with van der Waals surface area (Å²) in [5.74, 6) is 0.459. The first-order valence-corrected chi connectivity index (χ1v) is 3.93. The summed E-state index contributed by atoms with van der Waals surface area (Å²) >= 11 is 0. The van der Waals surface area contributed by atoms with E-state index < -0.39 is 5.97 Å². The van der Waals surface area contributed by atoms with E-state index in [1.165, 1.54) is 7.11 Å². The summed E-state index contributed by atoms with van der Waals surface area (Å²) in [6, 6.07) is 0. The molecule has 0 atom stereocenters. The first kappa shape index (κ1) is 9.73. The van der Waals surface area contributed by atoms with Gasteiger partial charge in [0.1, 0.15) is 5.76 Å². The quantitative estimate of drug-likeness (QED) is 0.682. The maximum Gasteiger partial charge on any atom is 0.360 e. The van der Waals surface area contributed by atoms with Crippen molar-refractivity contribution in [3.05, 3.63) is 17.3 Å². The normalized spacial score (nSPS) is 10.1. The Balaban J connectivity index is 2.89. The first-order chi connectivity index (χ1) is 6.19. The van der Waals surface area contributed by atoms with Crippen LogP contribution >= 0.6 is 0 Å². The van der Waals surface area contributed by atoms with E-state index in [4.69, 9.17) is 10.2 Å². The molecule has 0 unspecified atom stereocenters. The van der Waals surface area contributed by atoms with Crippen molar-refractivity contribution < 1.29 is 13.9 Å². The van der Waals surface area contributed by atoms with Crippen molar-refractivity contribution >= 4 is 5.97 Å². The molecule has 1 heterocycles. The highest BCUT2D eigenvalue weighted by Crippen LogP contribution is 2.10. The van der Waals surface area contributed by atoms with Crippen molar-refractivity contribution in [2.45, 2.75) is 13.3 Å². The molecular formula is C8H12N2O3. The van der Waals surface area contributed by atoms with Gasteiger partial charge >= 0.3 is 5.97 Å². The summed E-state index contributed by atoms with van der Waals surface area (Å²) in [4.78, 5) is 15.0. The number of methoxy groups -OCH3 is 1. The van der Waals surface area contributed by atoms with Crippen molar-refractivity contribution in [3.8, 4) is 0 Å². The maximum absolute atomic E-state index is 11.1. The number of esters is 1. The van der Waals surface area contributed by atoms with E-state index in [1.807, 2.05) is 0 Å². The third kappa shape index (κ3) is 2.06. The van der Waals surface area contributed by atoms with Gasteiger partial charge in [0.25, 0.3) is 0 Å². The van der Waals surface area contributed by atoms with E-state index in [9.17, 15) is 4.79 Å². The van der Waals surface area contributed by atoms with Crippen molar-refractivity contribution in [2.75, 3.05) is 13.7 Å². The fourth-order valence-corrected chi connectivity index (χ4v) is 0.968. The van der Waals surface area contributed by atoms with E-state index in [0.29, 0.717) is 24.6 Å². The van der Waals surface area contributed by atoms with Gasteiger partial charge in [-0.25, -0.2) is 9.78 Å². The summed E-state index contributed by atoms with van der Waals surface area (Å²) in [6.45, 7) is 2.11. The molecule has 0 bridgehead atoms. The zero-order chi connectivity index (χ0) is 9.84. The lowest BCUT2D eigenvalue weighted by molar-refractivity contribution is 0.0593. The summed E-state index contributed by atoms with van der Waals surface area (Å²) < 4.78 is 9.70. The van der Waals surface area contributed by atoms with E-state index in [1.54, 1.807) is 6.92 Å². The third-order valence-electron chi connectivity index (χ3n) is 1.58. The highest BCUT2D eigenvalue weighted by atomic mass is 16.5. The van der Waals surface area contributed by atoms with Gasteiger partial charge in [-0.2, -0.15) is 0 Å². The Bertz CT molecular complexity index is 306. The molecule has 0 radical (unpaired) electrons. The predicted molar refractivity (Wildman–Crippen MR) is 45.3 cm³/mol. The van der Waals surface area contributed by atoms with Crippen LogP contribution in [0.3, 0.4) is 0 Å². The van der Waals surface area contributed by atoms with Crippen LogP contribution < -0.4 is 5.73 Å². The number of aryl methyl sites for hydroxylation is 1. The molecule has 0 aromatic carbocycles. The Morgan fingerprint density at radius 2 is 2.38 bits per heavy atom. The minimum atomic E-state index is -0.482. The van der Waals surface area contributed by atoms with Gasteiger partial charge in [0.2, 0.25) is 0 Å². The molecule has 5 heteroatoms. The molecule has 1 aromatic rings. The molecule has 0 fully saturated rings. The SMILES string of the molecule is COC(=O)c1nc(CCN)oc1C. The molecule has 72 valence electrons. The highest BCUT2D eigenvalue weighted by molar-refractivity contribution is 5.88. The van der Waals surface area contributed by atoms with Crippen LogP contribution in [0.4, 0.5) is 0 Å². The Morgan fingerprint density at radius 3 is 2.92 bits per heavy atom. The fraction of sp³-hybridized carbons (Fsp3) is 0.500. The number of hydrogen-bond acceptors (Lipinski definition) is 5. The molecule has 13 heavy (non-hydrogen) atoms. The number of carbonyl (C=O) groups excluding carboxylic acids is 1. The number of oxazole rings is 1. The molecule has 0 amide bonds. The first-order valence-electron chi connectivity index (χ1n) is 3.93. The molecule has 0 aliphatic rings. The molecule has 0 spiro atoms. The lowest BCUT2D eigenvalue weighted by atomic mass is 10.4. The molecular weight excluding hydrogens is 172 g/mol.